The quantitative estimate of drug-likeness (QED) is 0.645. The second-order valence-corrected chi connectivity index (χ2v) is 5.26. The molecule has 20 heavy (non-hydrogen) atoms. The van der Waals surface area contributed by atoms with Gasteiger partial charge in [0.15, 0.2) is 0 Å². The van der Waals surface area contributed by atoms with Crippen molar-refractivity contribution in [2.24, 2.45) is 0 Å². The van der Waals surface area contributed by atoms with E-state index in [1.54, 1.807) is 24.3 Å². The fourth-order valence-corrected chi connectivity index (χ4v) is 2.57. The molecule has 4 heteroatoms. The summed E-state index contributed by atoms with van der Waals surface area (Å²) >= 11 is 3.45. The number of hydrogen-bond acceptors (Lipinski definition) is 2. The third-order valence-electron chi connectivity index (χ3n) is 3.14. The van der Waals surface area contributed by atoms with E-state index in [0.717, 1.165) is 10.0 Å². The first-order chi connectivity index (χ1) is 9.66. The Kier molecular flexibility index (Phi) is 3.24. The topological polar surface area (TPSA) is 46.2 Å². The largest absolute Gasteiger partial charge is 0.288 e. The number of benzene rings is 2. The Hall–Kier alpha value is -2.20. The molecule has 0 radical (unpaired) electrons. The van der Waals surface area contributed by atoms with Crippen LogP contribution in [0.1, 0.15) is 21.5 Å². The maximum atomic E-state index is 12.1. The minimum atomic E-state index is -0.371. The number of nitrogens with one attached hydrogen (secondary N) is 1. The molecule has 2 aromatic rings. The number of halogens is 1. The normalized spacial score (nSPS) is 15.9. The average molecular weight is 328 g/mol. The Morgan fingerprint density at radius 2 is 1.50 bits per heavy atom. The molecule has 1 aliphatic rings. The van der Waals surface area contributed by atoms with Crippen molar-refractivity contribution in [3.05, 3.63) is 69.7 Å². The Bertz CT molecular complexity index is 750. The van der Waals surface area contributed by atoms with Gasteiger partial charge in [-0.05, 0) is 29.3 Å². The number of hydrogen-bond donors (Lipinski definition) is 1. The average Bonchev–Trinajstić information content (AvgIpc) is 2.45. The maximum Gasteiger partial charge on any atom is 0.258 e. The second-order valence-electron chi connectivity index (χ2n) is 4.41. The second kappa shape index (κ2) is 5.06. The molecule has 3 rings (SSSR count). The van der Waals surface area contributed by atoms with E-state index in [2.05, 4.69) is 21.2 Å². The molecule has 0 fully saturated rings. The van der Waals surface area contributed by atoms with Crippen molar-refractivity contribution in [3.8, 4) is 0 Å². The summed E-state index contributed by atoms with van der Waals surface area (Å²) in [6.07, 6.45) is 1.78. The van der Waals surface area contributed by atoms with Crippen molar-refractivity contribution in [2.75, 3.05) is 0 Å². The summed E-state index contributed by atoms with van der Waals surface area (Å²) in [6, 6.07) is 14.7. The molecule has 98 valence electrons. The lowest BCUT2D eigenvalue weighted by Gasteiger charge is -2.18. The molecule has 0 saturated heterocycles. The van der Waals surface area contributed by atoms with Crippen LogP contribution in [0.4, 0.5) is 0 Å². The van der Waals surface area contributed by atoms with Crippen molar-refractivity contribution in [2.45, 2.75) is 0 Å². The summed E-state index contributed by atoms with van der Waals surface area (Å²) < 4.78 is 0.898. The van der Waals surface area contributed by atoms with Gasteiger partial charge in [0.25, 0.3) is 11.8 Å². The SMILES string of the molecule is O=C1NC(=O)c2ccccc2/C1=C/c1ccccc1Br. The predicted octanol–water partition coefficient (Wildman–Crippen LogP) is 3.26. The Morgan fingerprint density at radius 1 is 0.850 bits per heavy atom. The van der Waals surface area contributed by atoms with E-state index in [1.807, 2.05) is 30.3 Å². The molecule has 2 amide bonds. The van der Waals surface area contributed by atoms with Gasteiger partial charge in [-0.1, -0.05) is 52.3 Å². The van der Waals surface area contributed by atoms with Crippen LogP contribution >= 0.6 is 15.9 Å². The molecular weight excluding hydrogens is 318 g/mol. The number of rotatable bonds is 1. The predicted molar refractivity (Wildman–Crippen MR) is 80.9 cm³/mol. The first-order valence-corrected chi connectivity index (χ1v) is 6.87. The highest BCUT2D eigenvalue weighted by Gasteiger charge is 2.26. The smallest absolute Gasteiger partial charge is 0.258 e. The van der Waals surface area contributed by atoms with E-state index in [-0.39, 0.29) is 11.8 Å². The first-order valence-electron chi connectivity index (χ1n) is 6.08. The standard InChI is InChI=1S/C16H10BrNO2/c17-14-8-4-1-5-10(14)9-13-11-6-2-3-7-12(11)15(19)18-16(13)20/h1-9H,(H,18,19,20)/b13-9-. The summed E-state index contributed by atoms with van der Waals surface area (Å²) in [5, 5.41) is 2.36. The van der Waals surface area contributed by atoms with E-state index >= 15 is 0 Å². The zero-order valence-electron chi connectivity index (χ0n) is 10.4. The molecule has 1 N–H and O–H groups in total. The van der Waals surface area contributed by atoms with Crippen LogP contribution in [0, 0.1) is 0 Å². The molecule has 1 heterocycles. The lowest BCUT2D eigenvalue weighted by atomic mass is 9.93. The van der Waals surface area contributed by atoms with Gasteiger partial charge in [-0.25, -0.2) is 0 Å². The molecule has 1 aliphatic heterocycles. The van der Waals surface area contributed by atoms with Gasteiger partial charge in [0.2, 0.25) is 0 Å². The maximum absolute atomic E-state index is 12.1. The number of carbonyl (C=O) groups is 2. The molecule has 0 atom stereocenters. The third-order valence-corrected chi connectivity index (χ3v) is 3.86. The third kappa shape index (κ3) is 2.18. The molecular formula is C16H10BrNO2. The highest BCUT2D eigenvalue weighted by atomic mass is 79.9. The molecule has 2 aromatic carbocycles. The first kappa shape index (κ1) is 12.8. The molecule has 0 saturated carbocycles. The van der Waals surface area contributed by atoms with Crippen LogP contribution in [0.3, 0.4) is 0 Å². The van der Waals surface area contributed by atoms with Crippen molar-refractivity contribution in [3.63, 3.8) is 0 Å². The van der Waals surface area contributed by atoms with Gasteiger partial charge in [0.05, 0.1) is 0 Å². The zero-order valence-corrected chi connectivity index (χ0v) is 12.0. The number of amides is 2. The van der Waals surface area contributed by atoms with Gasteiger partial charge in [-0.2, -0.15) is 0 Å². The summed E-state index contributed by atoms with van der Waals surface area (Å²) in [5.74, 6) is -0.723. The van der Waals surface area contributed by atoms with Crippen LogP contribution in [0.5, 0.6) is 0 Å². The summed E-state index contributed by atoms with van der Waals surface area (Å²) in [5.41, 5.74) is 2.57. The van der Waals surface area contributed by atoms with Gasteiger partial charge < -0.3 is 0 Å². The molecule has 0 bridgehead atoms. The molecule has 3 nitrogen and oxygen atoms in total. The van der Waals surface area contributed by atoms with E-state index < -0.39 is 0 Å². The van der Waals surface area contributed by atoms with Crippen LogP contribution < -0.4 is 5.32 Å². The lowest BCUT2D eigenvalue weighted by molar-refractivity contribution is -0.114. The summed E-state index contributed by atoms with van der Waals surface area (Å²) in [6.45, 7) is 0. The zero-order chi connectivity index (χ0) is 14.1. The van der Waals surface area contributed by atoms with Crippen LogP contribution in [0.25, 0.3) is 11.6 Å². The van der Waals surface area contributed by atoms with Crippen LogP contribution in [-0.2, 0) is 4.79 Å². The monoisotopic (exact) mass is 327 g/mol. The Labute approximate surface area is 124 Å². The highest BCUT2D eigenvalue weighted by molar-refractivity contribution is 9.10. The van der Waals surface area contributed by atoms with Crippen molar-refractivity contribution in [1.82, 2.24) is 5.32 Å². The highest BCUT2D eigenvalue weighted by Crippen LogP contribution is 2.28. The molecule has 0 spiro atoms. The number of carbonyl (C=O) groups excluding carboxylic acids is 2. The van der Waals surface area contributed by atoms with Crippen molar-refractivity contribution < 1.29 is 9.59 Å². The van der Waals surface area contributed by atoms with Crippen LogP contribution in [0.2, 0.25) is 0 Å². The van der Waals surface area contributed by atoms with Crippen molar-refractivity contribution >= 4 is 39.4 Å². The van der Waals surface area contributed by atoms with E-state index in [4.69, 9.17) is 0 Å². The number of imide groups is 1. The fraction of sp³-hybridized carbons (Fsp3) is 0. The fourth-order valence-electron chi connectivity index (χ4n) is 2.17. The summed E-state index contributed by atoms with van der Waals surface area (Å²) in [7, 11) is 0. The van der Waals surface area contributed by atoms with Crippen molar-refractivity contribution in [1.29, 1.82) is 0 Å². The minimum absolute atomic E-state index is 0.352. The van der Waals surface area contributed by atoms with E-state index in [1.165, 1.54) is 0 Å². The Balaban J connectivity index is 2.19. The molecule has 0 unspecified atom stereocenters. The van der Waals surface area contributed by atoms with Crippen LogP contribution in [0.15, 0.2) is 53.0 Å². The van der Waals surface area contributed by atoms with Crippen LogP contribution in [-0.4, -0.2) is 11.8 Å². The van der Waals surface area contributed by atoms with Gasteiger partial charge in [0, 0.05) is 15.6 Å². The lowest BCUT2D eigenvalue weighted by Crippen LogP contribution is -2.36. The minimum Gasteiger partial charge on any atom is -0.288 e. The summed E-state index contributed by atoms with van der Waals surface area (Å²) in [4.78, 5) is 23.9. The van der Waals surface area contributed by atoms with Gasteiger partial charge in [-0.3, -0.25) is 14.9 Å². The van der Waals surface area contributed by atoms with Gasteiger partial charge >= 0.3 is 0 Å². The van der Waals surface area contributed by atoms with Gasteiger partial charge in [-0.15, -0.1) is 0 Å². The Morgan fingerprint density at radius 3 is 2.25 bits per heavy atom. The molecule has 0 aliphatic carbocycles. The molecule has 0 aromatic heterocycles. The number of fused-ring (bicyclic) bond motifs is 1. The van der Waals surface area contributed by atoms with E-state index in [9.17, 15) is 9.59 Å². The van der Waals surface area contributed by atoms with Gasteiger partial charge in [0.1, 0.15) is 0 Å². The van der Waals surface area contributed by atoms with E-state index in [0.29, 0.717) is 16.7 Å².